The van der Waals surface area contributed by atoms with E-state index in [1.165, 1.54) is 51.9 Å². The molecule has 3 saturated heterocycles. The van der Waals surface area contributed by atoms with Crippen molar-refractivity contribution in [3.05, 3.63) is 0 Å². The molecule has 3 heterocycles. The fourth-order valence-electron chi connectivity index (χ4n) is 3.25. The Bertz CT molecular complexity index is 212. The zero-order chi connectivity index (χ0) is 10.1. The van der Waals surface area contributed by atoms with Crippen molar-refractivity contribution in [3.63, 3.8) is 0 Å². The number of nitrogens with one attached hydrogen (secondary N) is 1. The molecule has 0 aliphatic carbocycles. The van der Waals surface area contributed by atoms with Gasteiger partial charge in [-0.1, -0.05) is 0 Å². The summed E-state index contributed by atoms with van der Waals surface area (Å²) >= 11 is 0. The number of hydrogen-bond acceptors (Lipinski definition) is 3. The zero-order valence-electron chi connectivity index (χ0n) is 9.50. The van der Waals surface area contributed by atoms with Gasteiger partial charge in [0.25, 0.3) is 0 Å². The Labute approximate surface area is 92.2 Å². The molecule has 0 atom stereocenters. The number of likely N-dealkylation sites (tertiary alicyclic amines) is 1. The summed E-state index contributed by atoms with van der Waals surface area (Å²) < 4.78 is 5.43. The van der Waals surface area contributed by atoms with Gasteiger partial charge in [-0.2, -0.15) is 0 Å². The maximum atomic E-state index is 5.43. The summed E-state index contributed by atoms with van der Waals surface area (Å²) in [7, 11) is 0. The molecule has 3 nitrogen and oxygen atoms in total. The monoisotopic (exact) mass is 210 g/mol. The van der Waals surface area contributed by atoms with E-state index < -0.39 is 0 Å². The van der Waals surface area contributed by atoms with E-state index in [0.29, 0.717) is 5.41 Å². The van der Waals surface area contributed by atoms with Crippen molar-refractivity contribution in [1.29, 1.82) is 0 Å². The Morgan fingerprint density at radius 3 is 2.27 bits per heavy atom. The second-order valence-corrected chi connectivity index (χ2v) is 5.48. The fraction of sp³-hybridized carbons (Fsp3) is 1.00. The van der Waals surface area contributed by atoms with Gasteiger partial charge in [0.2, 0.25) is 0 Å². The fourth-order valence-corrected chi connectivity index (χ4v) is 3.25. The van der Waals surface area contributed by atoms with E-state index in [4.69, 9.17) is 4.74 Å². The Morgan fingerprint density at radius 1 is 1.07 bits per heavy atom. The van der Waals surface area contributed by atoms with E-state index in [9.17, 15) is 0 Å². The van der Waals surface area contributed by atoms with Crippen LogP contribution in [0, 0.1) is 5.41 Å². The molecule has 0 aromatic rings. The minimum Gasteiger partial charge on any atom is -0.381 e. The van der Waals surface area contributed by atoms with Gasteiger partial charge in [0.05, 0.1) is 0 Å². The Kier molecular flexibility index (Phi) is 2.71. The minimum absolute atomic E-state index is 0.696. The van der Waals surface area contributed by atoms with Gasteiger partial charge in [0.15, 0.2) is 0 Å². The summed E-state index contributed by atoms with van der Waals surface area (Å²) in [6, 6.07) is 0.823. The average Bonchev–Trinajstić information content (AvgIpc) is 2.28. The molecule has 1 spiro atoms. The van der Waals surface area contributed by atoms with Crippen LogP contribution in [-0.4, -0.2) is 50.3 Å². The Hall–Kier alpha value is -0.120. The van der Waals surface area contributed by atoms with Gasteiger partial charge in [-0.05, 0) is 44.2 Å². The highest BCUT2D eigenvalue weighted by Gasteiger charge is 2.40. The van der Waals surface area contributed by atoms with Crippen LogP contribution in [0.4, 0.5) is 0 Å². The lowest BCUT2D eigenvalue weighted by molar-refractivity contribution is -0.00809. The van der Waals surface area contributed by atoms with Gasteiger partial charge >= 0.3 is 0 Å². The quantitative estimate of drug-likeness (QED) is 0.694. The van der Waals surface area contributed by atoms with Crippen molar-refractivity contribution >= 4 is 0 Å². The zero-order valence-corrected chi connectivity index (χ0v) is 9.50. The van der Waals surface area contributed by atoms with Gasteiger partial charge in [-0.25, -0.2) is 0 Å². The molecule has 3 aliphatic heterocycles. The average molecular weight is 210 g/mol. The molecular formula is C12H22N2O. The van der Waals surface area contributed by atoms with Crippen molar-refractivity contribution < 1.29 is 4.74 Å². The standard InChI is InChI=1S/C12H22N2O/c1-7-15-8-2-11(1)14-5-3-12(4-6-14)9-13-10-12/h11,13H,1-10H2. The van der Waals surface area contributed by atoms with Gasteiger partial charge in [-0.15, -0.1) is 0 Å². The third-order valence-corrected chi connectivity index (χ3v) is 4.57. The number of piperidine rings is 1. The van der Waals surface area contributed by atoms with E-state index in [-0.39, 0.29) is 0 Å². The summed E-state index contributed by atoms with van der Waals surface area (Å²) in [6.07, 6.45) is 5.34. The maximum Gasteiger partial charge on any atom is 0.0480 e. The normalized spacial score (nSPS) is 32.8. The maximum absolute atomic E-state index is 5.43. The predicted molar refractivity (Wildman–Crippen MR) is 60.0 cm³/mol. The molecule has 3 heteroatoms. The van der Waals surface area contributed by atoms with Crippen LogP contribution in [-0.2, 0) is 4.74 Å². The van der Waals surface area contributed by atoms with Crippen molar-refractivity contribution in [2.24, 2.45) is 5.41 Å². The highest BCUT2D eigenvalue weighted by atomic mass is 16.5. The van der Waals surface area contributed by atoms with Gasteiger partial charge in [0.1, 0.15) is 0 Å². The van der Waals surface area contributed by atoms with Crippen molar-refractivity contribution in [2.75, 3.05) is 39.4 Å². The van der Waals surface area contributed by atoms with E-state index in [1.54, 1.807) is 0 Å². The van der Waals surface area contributed by atoms with E-state index in [2.05, 4.69) is 10.2 Å². The molecule has 0 radical (unpaired) electrons. The largest absolute Gasteiger partial charge is 0.381 e. The lowest BCUT2D eigenvalue weighted by Gasteiger charge is -2.50. The van der Waals surface area contributed by atoms with Crippen LogP contribution in [0.3, 0.4) is 0 Å². The number of rotatable bonds is 1. The van der Waals surface area contributed by atoms with Crippen LogP contribution >= 0.6 is 0 Å². The van der Waals surface area contributed by atoms with E-state index in [0.717, 1.165) is 19.3 Å². The van der Waals surface area contributed by atoms with Crippen LogP contribution in [0.2, 0.25) is 0 Å². The number of nitrogens with zero attached hydrogens (tertiary/aromatic N) is 1. The molecule has 0 amide bonds. The second-order valence-electron chi connectivity index (χ2n) is 5.48. The topological polar surface area (TPSA) is 24.5 Å². The molecule has 1 N–H and O–H groups in total. The Morgan fingerprint density at radius 2 is 1.73 bits per heavy atom. The van der Waals surface area contributed by atoms with Crippen LogP contribution in [0.5, 0.6) is 0 Å². The van der Waals surface area contributed by atoms with Gasteiger partial charge in [-0.3, -0.25) is 0 Å². The third-order valence-electron chi connectivity index (χ3n) is 4.57. The van der Waals surface area contributed by atoms with Gasteiger partial charge < -0.3 is 15.0 Å². The molecular weight excluding hydrogens is 188 g/mol. The molecule has 0 aromatic carbocycles. The summed E-state index contributed by atoms with van der Waals surface area (Å²) in [5, 5.41) is 3.43. The predicted octanol–water partition coefficient (Wildman–Crippen LogP) is 0.851. The molecule has 0 unspecified atom stereocenters. The second kappa shape index (κ2) is 4.04. The van der Waals surface area contributed by atoms with Crippen molar-refractivity contribution in [1.82, 2.24) is 10.2 Å². The van der Waals surface area contributed by atoms with E-state index >= 15 is 0 Å². The smallest absolute Gasteiger partial charge is 0.0480 e. The van der Waals surface area contributed by atoms with Crippen molar-refractivity contribution in [3.8, 4) is 0 Å². The first-order chi connectivity index (χ1) is 7.38. The SMILES string of the molecule is C1CC(N2CCC3(CC2)CNC3)CCO1. The molecule has 15 heavy (non-hydrogen) atoms. The minimum atomic E-state index is 0.696. The molecule has 3 fully saturated rings. The molecule has 3 rings (SSSR count). The van der Waals surface area contributed by atoms with Gasteiger partial charge in [0, 0.05) is 32.3 Å². The number of hydrogen-bond donors (Lipinski definition) is 1. The first kappa shape index (κ1) is 10.1. The van der Waals surface area contributed by atoms with E-state index in [1.807, 2.05) is 0 Å². The van der Waals surface area contributed by atoms with Crippen molar-refractivity contribution in [2.45, 2.75) is 31.7 Å². The highest BCUT2D eigenvalue weighted by Crippen LogP contribution is 2.36. The molecule has 3 aliphatic rings. The lowest BCUT2D eigenvalue weighted by atomic mass is 9.73. The third kappa shape index (κ3) is 1.93. The Balaban J connectivity index is 1.52. The molecule has 0 aromatic heterocycles. The molecule has 0 bridgehead atoms. The molecule has 86 valence electrons. The van der Waals surface area contributed by atoms with Crippen LogP contribution < -0.4 is 5.32 Å². The number of ether oxygens (including phenoxy) is 1. The van der Waals surface area contributed by atoms with Crippen LogP contribution in [0.1, 0.15) is 25.7 Å². The summed E-state index contributed by atoms with van der Waals surface area (Å²) in [4.78, 5) is 2.71. The summed E-state index contributed by atoms with van der Waals surface area (Å²) in [5.41, 5.74) is 0.696. The molecule has 0 saturated carbocycles. The summed E-state index contributed by atoms with van der Waals surface area (Å²) in [6.45, 7) is 7.16. The first-order valence-electron chi connectivity index (χ1n) is 6.41. The lowest BCUT2D eigenvalue weighted by Crippen LogP contribution is -2.59. The first-order valence-corrected chi connectivity index (χ1v) is 6.41. The van der Waals surface area contributed by atoms with Crippen LogP contribution in [0.25, 0.3) is 0 Å². The summed E-state index contributed by atoms with van der Waals surface area (Å²) in [5.74, 6) is 0. The van der Waals surface area contributed by atoms with Crippen LogP contribution in [0.15, 0.2) is 0 Å². The highest BCUT2D eigenvalue weighted by molar-refractivity contribution is 4.97.